The molecule has 146 valence electrons. The van der Waals surface area contributed by atoms with Crippen LogP contribution in [0.1, 0.15) is 27.7 Å². The monoisotopic (exact) mass is 381 g/mol. The maximum Gasteiger partial charge on any atom is 0.615 e. The van der Waals surface area contributed by atoms with Crippen LogP contribution in [0.2, 0.25) is 0 Å². The summed E-state index contributed by atoms with van der Waals surface area (Å²) in [4.78, 5) is 25.7. The molecule has 0 bridgehead atoms. The van der Waals surface area contributed by atoms with Crippen molar-refractivity contribution in [2.75, 3.05) is 7.05 Å². The van der Waals surface area contributed by atoms with E-state index in [1.165, 1.54) is 0 Å². The van der Waals surface area contributed by atoms with E-state index in [4.69, 9.17) is 9.31 Å². The van der Waals surface area contributed by atoms with Gasteiger partial charge >= 0.3 is 18.6 Å². The highest BCUT2D eigenvalue weighted by molar-refractivity contribution is 6.79. The van der Waals surface area contributed by atoms with E-state index in [2.05, 4.69) is 0 Å². The van der Waals surface area contributed by atoms with Gasteiger partial charge in [-0.25, -0.2) is 9.59 Å². The maximum atomic E-state index is 12.8. The first kappa shape index (κ1) is 18.6. The molecule has 2 heterocycles. The Morgan fingerprint density at radius 2 is 1.39 bits per heavy atom. The number of aromatic hydroxyl groups is 1. The van der Waals surface area contributed by atoms with Gasteiger partial charge in [0.15, 0.2) is 11.1 Å². The van der Waals surface area contributed by atoms with Crippen molar-refractivity contribution in [1.29, 1.82) is 0 Å². The molecule has 0 atom stereocenters. The summed E-state index contributed by atoms with van der Waals surface area (Å²) in [6.07, 6.45) is 0. The van der Waals surface area contributed by atoms with Crippen LogP contribution >= 0.6 is 0 Å². The molecule has 2 aliphatic heterocycles. The molecule has 1 N–H and O–H groups in total. The molecule has 4 rings (SSSR count). The molecule has 0 radical (unpaired) electrons. The second kappa shape index (κ2) is 5.38. The lowest BCUT2D eigenvalue weighted by molar-refractivity contribution is -0.885. The smallest absolute Gasteiger partial charge is 0.596 e. The highest BCUT2D eigenvalue weighted by Crippen LogP contribution is 2.51. The van der Waals surface area contributed by atoms with E-state index in [0.29, 0.717) is 5.46 Å². The van der Waals surface area contributed by atoms with Crippen molar-refractivity contribution < 1.29 is 28.4 Å². The van der Waals surface area contributed by atoms with Gasteiger partial charge in [0.25, 0.3) is 0 Å². The fourth-order valence-electron chi connectivity index (χ4n) is 4.77. The molecule has 2 aromatic rings. The van der Waals surface area contributed by atoms with Crippen LogP contribution in [0.4, 0.5) is 0 Å². The Morgan fingerprint density at radius 1 is 0.857 bits per heavy atom. The first-order valence-electron chi connectivity index (χ1n) is 9.35. The van der Waals surface area contributed by atoms with Crippen LogP contribution in [0.25, 0.3) is 11.1 Å². The molecule has 2 fully saturated rings. The van der Waals surface area contributed by atoms with Crippen LogP contribution in [0, 0.1) is 0 Å². The van der Waals surface area contributed by atoms with E-state index in [9.17, 15) is 14.7 Å². The second-order valence-corrected chi connectivity index (χ2v) is 8.85. The molecule has 0 amide bonds. The zero-order chi connectivity index (χ0) is 20.5. The molecular formula is C21H24BNO5. The number of benzene rings is 2. The topological polar surface area (TPSA) is 72.8 Å². The van der Waals surface area contributed by atoms with E-state index < -0.39 is 17.8 Å². The van der Waals surface area contributed by atoms with Crippen LogP contribution in [0.15, 0.2) is 48.5 Å². The van der Waals surface area contributed by atoms with Crippen molar-refractivity contribution in [2.45, 2.75) is 38.8 Å². The lowest BCUT2D eigenvalue weighted by Crippen LogP contribution is -2.77. The third-order valence-corrected chi connectivity index (χ3v) is 7.04. The number of likely N-dealkylation sites (N-methyl/N-ethyl adjacent to an activating group) is 1. The third-order valence-electron chi connectivity index (χ3n) is 7.04. The molecule has 6 nitrogen and oxygen atoms in total. The number of hydrogen-bond acceptors (Lipinski definition) is 5. The van der Waals surface area contributed by atoms with Gasteiger partial charge in [0.1, 0.15) is 5.75 Å². The molecule has 2 aliphatic rings. The molecule has 0 spiro atoms. The highest BCUT2D eigenvalue weighted by Gasteiger charge is 2.80. The minimum Gasteiger partial charge on any atom is -0.596 e. The number of rotatable bonds is 2. The predicted molar refractivity (Wildman–Crippen MR) is 105 cm³/mol. The summed E-state index contributed by atoms with van der Waals surface area (Å²) in [7, 11) is 1.86. The van der Waals surface area contributed by atoms with Gasteiger partial charge < -0.3 is 18.8 Å². The fourth-order valence-corrected chi connectivity index (χ4v) is 4.77. The summed E-state index contributed by atoms with van der Waals surface area (Å²) >= 11 is 0. The molecule has 7 heteroatoms. The molecule has 0 unspecified atom stereocenters. The Bertz CT molecular complexity index is 966. The SMILES string of the molecule is CC1(C)C(=O)O[B-]2(c3cccc(-c4ccc(O)cc4)c3)OC(=O)C(C)(C)[N+]21C. The van der Waals surface area contributed by atoms with Crippen molar-refractivity contribution in [3.05, 3.63) is 48.5 Å². The average Bonchev–Trinajstić information content (AvgIpc) is 2.91. The van der Waals surface area contributed by atoms with Crippen molar-refractivity contribution >= 4 is 24.1 Å². The molecular weight excluding hydrogens is 357 g/mol. The third kappa shape index (κ3) is 1.97. The van der Waals surface area contributed by atoms with E-state index in [1.54, 1.807) is 39.8 Å². The number of fused-ring (bicyclic) bond motifs is 1. The number of nitrogens with zero attached hydrogens (tertiary/aromatic N) is 1. The summed E-state index contributed by atoms with van der Waals surface area (Å²) in [5.74, 6) is -0.582. The summed E-state index contributed by atoms with van der Waals surface area (Å²) in [5, 5.41) is 9.55. The molecule has 0 aromatic heterocycles. The van der Waals surface area contributed by atoms with Gasteiger partial charge in [0.2, 0.25) is 0 Å². The quantitative estimate of drug-likeness (QED) is 0.809. The van der Waals surface area contributed by atoms with Gasteiger partial charge in [-0.05, 0) is 56.4 Å². The van der Waals surface area contributed by atoms with Crippen LogP contribution < -0.4 is 5.46 Å². The van der Waals surface area contributed by atoms with E-state index in [0.717, 1.165) is 11.1 Å². The Morgan fingerprint density at radius 3 is 1.93 bits per heavy atom. The summed E-state index contributed by atoms with van der Waals surface area (Å²) in [5.41, 5.74) is 0.523. The number of carbonyl (C=O) groups is 2. The van der Waals surface area contributed by atoms with Crippen molar-refractivity contribution in [3.63, 3.8) is 0 Å². The standard InChI is InChI=1S/C21H24BNO5/c1-20(2)18(25)27-22(23(20,5)21(3,4)19(26)28-22)16-8-6-7-15(13-16)14-9-11-17(24)12-10-14/h6-13,24H,1-5H3. The Hall–Kier alpha value is -2.80. The molecule has 28 heavy (non-hydrogen) atoms. The summed E-state index contributed by atoms with van der Waals surface area (Å²) < 4.78 is 11.8. The maximum absolute atomic E-state index is 12.8. The largest absolute Gasteiger partial charge is 0.615 e. The zero-order valence-electron chi connectivity index (χ0n) is 16.7. The first-order valence-corrected chi connectivity index (χ1v) is 9.35. The van der Waals surface area contributed by atoms with Gasteiger partial charge in [-0.15, -0.1) is 0 Å². The van der Waals surface area contributed by atoms with E-state index >= 15 is 0 Å². The van der Waals surface area contributed by atoms with Crippen LogP contribution in [0.5, 0.6) is 5.75 Å². The van der Waals surface area contributed by atoms with Crippen molar-refractivity contribution in [2.24, 2.45) is 0 Å². The van der Waals surface area contributed by atoms with Crippen LogP contribution in [-0.4, -0.2) is 46.3 Å². The van der Waals surface area contributed by atoms with Gasteiger partial charge in [-0.1, -0.05) is 36.4 Å². The van der Waals surface area contributed by atoms with Crippen LogP contribution in [0.3, 0.4) is 0 Å². The fraction of sp³-hybridized carbons (Fsp3) is 0.333. The average molecular weight is 381 g/mol. The lowest BCUT2D eigenvalue weighted by atomic mass is 9.57. The van der Waals surface area contributed by atoms with E-state index in [1.807, 2.05) is 43.4 Å². The zero-order valence-corrected chi connectivity index (χ0v) is 16.7. The highest BCUT2D eigenvalue weighted by atomic mass is 16.7. The van der Waals surface area contributed by atoms with Gasteiger partial charge in [0.05, 0.1) is 0 Å². The molecule has 0 aliphatic carbocycles. The number of phenolic OH excluding ortho intramolecular Hbond substituents is 1. The van der Waals surface area contributed by atoms with Crippen molar-refractivity contribution in [3.8, 4) is 16.9 Å². The Labute approximate surface area is 164 Å². The van der Waals surface area contributed by atoms with E-state index in [-0.39, 0.29) is 22.1 Å². The number of carbonyl (C=O) groups excluding carboxylic acids is 2. The Balaban J connectivity index is 1.93. The molecule has 2 aromatic carbocycles. The van der Waals surface area contributed by atoms with Gasteiger partial charge in [-0.3, -0.25) is 0 Å². The number of phenols is 1. The van der Waals surface area contributed by atoms with Crippen LogP contribution in [-0.2, 0) is 18.9 Å². The first-order chi connectivity index (χ1) is 13.0. The lowest BCUT2D eigenvalue weighted by Gasteiger charge is -2.54. The van der Waals surface area contributed by atoms with Gasteiger partial charge in [0, 0.05) is 7.05 Å². The summed E-state index contributed by atoms with van der Waals surface area (Å²) in [6, 6.07) is 14.4. The number of hydrogen-bond donors (Lipinski definition) is 1. The minimum absolute atomic E-state index is 0.0245. The Kier molecular flexibility index (Phi) is 3.57. The normalized spacial score (nSPS) is 29.9. The predicted octanol–water partition coefficient (Wildman–Crippen LogP) is 2.32. The minimum atomic E-state index is -2.42. The molecule has 2 saturated heterocycles. The molecule has 0 saturated carbocycles. The van der Waals surface area contributed by atoms with Gasteiger partial charge in [-0.2, -0.15) is 0 Å². The summed E-state index contributed by atoms with van der Waals surface area (Å²) in [6.45, 7) is 4.77. The second-order valence-electron chi connectivity index (χ2n) is 8.85. The number of quaternary nitrogens is 1. The van der Waals surface area contributed by atoms with Crippen molar-refractivity contribution in [1.82, 2.24) is 0 Å².